The molecule has 0 unspecified atom stereocenters. The second-order valence-electron chi connectivity index (χ2n) is 11.0. The molecule has 47 heavy (non-hydrogen) atoms. The molecule has 3 aromatic rings. The molecule has 0 spiro atoms. The van der Waals surface area contributed by atoms with Crippen LogP contribution in [0.4, 0.5) is 22.0 Å². The highest BCUT2D eigenvalue weighted by Gasteiger charge is 2.37. The summed E-state index contributed by atoms with van der Waals surface area (Å²) in [4.78, 5) is 22.8. The van der Waals surface area contributed by atoms with Gasteiger partial charge in [0, 0.05) is 17.2 Å². The number of unbranched alkanes of at least 4 members (excludes halogenated alkanes) is 2. The maximum absolute atomic E-state index is 14.8. The molecule has 11 heteroatoms. The van der Waals surface area contributed by atoms with E-state index in [1.165, 1.54) is 36.4 Å². The number of rotatable bonds is 18. The summed E-state index contributed by atoms with van der Waals surface area (Å²) in [7, 11) is 0. The van der Waals surface area contributed by atoms with Gasteiger partial charge in [0.2, 0.25) is 0 Å². The molecule has 6 nitrogen and oxygen atoms in total. The van der Waals surface area contributed by atoms with Gasteiger partial charge in [0.1, 0.15) is 5.75 Å². The summed E-state index contributed by atoms with van der Waals surface area (Å²) < 4.78 is 93.4. The van der Waals surface area contributed by atoms with Crippen LogP contribution in [0, 0.1) is 5.82 Å². The number of carbonyl (C=O) groups is 2. The van der Waals surface area contributed by atoms with Crippen molar-refractivity contribution < 1.29 is 50.5 Å². The maximum Gasteiger partial charge on any atom is 0.426 e. The first-order chi connectivity index (χ1) is 22.2. The smallest absolute Gasteiger partial charge is 0.426 e. The van der Waals surface area contributed by atoms with Crippen LogP contribution in [0.2, 0.25) is 0 Å². The fourth-order valence-electron chi connectivity index (χ4n) is 4.20. The van der Waals surface area contributed by atoms with Crippen molar-refractivity contribution in [2.45, 2.75) is 64.6 Å². The Labute approximate surface area is 270 Å². The van der Waals surface area contributed by atoms with Gasteiger partial charge in [-0.3, -0.25) is 0 Å². The van der Waals surface area contributed by atoms with Crippen molar-refractivity contribution in [2.24, 2.45) is 0 Å². The average Bonchev–Trinajstić information content (AvgIpc) is 3.02. The lowest BCUT2D eigenvalue weighted by atomic mass is 10.1. The third-order valence-electron chi connectivity index (χ3n) is 6.85. The second-order valence-corrected chi connectivity index (χ2v) is 11.0. The molecular weight excluding hydrogens is 623 g/mol. The van der Waals surface area contributed by atoms with Gasteiger partial charge in [0.05, 0.1) is 24.3 Å². The molecule has 252 valence electrons. The van der Waals surface area contributed by atoms with Crippen molar-refractivity contribution in [1.82, 2.24) is 0 Å². The Morgan fingerprint density at radius 2 is 1.06 bits per heavy atom. The molecule has 0 saturated heterocycles. The molecule has 0 radical (unpaired) electrons. The number of hydrogen-bond donors (Lipinski definition) is 0. The van der Waals surface area contributed by atoms with Gasteiger partial charge in [0.15, 0.2) is 11.6 Å². The minimum absolute atomic E-state index is 0.218. The number of hydrogen-bond acceptors (Lipinski definition) is 6. The summed E-state index contributed by atoms with van der Waals surface area (Å²) in [5, 5.41) is 0. The molecule has 0 saturated carbocycles. The lowest BCUT2D eigenvalue weighted by Crippen LogP contribution is -2.23. The third-order valence-corrected chi connectivity index (χ3v) is 6.85. The van der Waals surface area contributed by atoms with E-state index in [1.807, 2.05) is 0 Å². The largest absolute Gasteiger partial charge is 0.462 e. The van der Waals surface area contributed by atoms with Gasteiger partial charge in [-0.05, 0) is 99.9 Å². The first-order valence-corrected chi connectivity index (χ1v) is 15.0. The van der Waals surface area contributed by atoms with E-state index in [2.05, 4.69) is 17.9 Å². The first-order valence-electron chi connectivity index (χ1n) is 15.0. The molecule has 0 N–H and O–H groups in total. The van der Waals surface area contributed by atoms with Crippen LogP contribution in [0.15, 0.2) is 91.0 Å². The molecular formula is C36H37F5O6. The summed E-state index contributed by atoms with van der Waals surface area (Å²) in [5.41, 5.74) is 1.13. The Hall–Kier alpha value is -4.67. The van der Waals surface area contributed by atoms with Gasteiger partial charge in [-0.15, -0.1) is 0 Å². The fourth-order valence-corrected chi connectivity index (χ4v) is 4.20. The number of esters is 2. The zero-order chi connectivity index (χ0) is 34.6. The van der Waals surface area contributed by atoms with Crippen LogP contribution in [-0.2, 0) is 44.1 Å². The first kappa shape index (κ1) is 36.8. The van der Waals surface area contributed by atoms with Gasteiger partial charge in [-0.2, -0.15) is 17.6 Å². The van der Waals surface area contributed by atoms with Gasteiger partial charge < -0.3 is 18.9 Å². The van der Waals surface area contributed by atoms with Crippen LogP contribution in [0.5, 0.6) is 11.5 Å². The van der Waals surface area contributed by atoms with Crippen LogP contribution in [0.1, 0.15) is 61.8 Å². The van der Waals surface area contributed by atoms with Crippen molar-refractivity contribution in [3.05, 3.63) is 119 Å². The lowest BCUT2D eigenvalue weighted by Gasteiger charge is -2.21. The van der Waals surface area contributed by atoms with Gasteiger partial charge in [-0.1, -0.05) is 37.4 Å². The van der Waals surface area contributed by atoms with Gasteiger partial charge in [0.25, 0.3) is 0 Å². The number of benzene rings is 3. The molecule has 0 aliphatic heterocycles. The van der Waals surface area contributed by atoms with Crippen LogP contribution >= 0.6 is 0 Å². The van der Waals surface area contributed by atoms with E-state index in [0.29, 0.717) is 55.7 Å². The van der Waals surface area contributed by atoms with E-state index < -0.39 is 52.6 Å². The normalized spacial score (nSPS) is 11.5. The van der Waals surface area contributed by atoms with Crippen molar-refractivity contribution in [3.8, 4) is 11.5 Å². The average molecular weight is 661 g/mol. The molecule has 0 bridgehead atoms. The standard InChI is InChI=1S/C36H37F5O6/c1-24(2)33(42)44-21-7-5-9-26-11-15-28(16-12-26)35(38,39)46-30-19-20-32(31(37)23-30)47-36(40,41)29-17-13-27(14-18-29)10-6-8-22-45-34(43)25(3)4/h11-20,23H,1,3,5-10,21-22H2,2,4H3. The van der Waals surface area contributed by atoms with Crippen molar-refractivity contribution in [2.75, 3.05) is 13.2 Å². The van der Waals surface area contributed by atoms with E-state index >= 15 is 0 Å². The topological polar surface area (TPSA) is 71.1 Å². The van der Waals surface area contributed by atoms with E-state index in [9.17, 15) is 31.5 Å². The Morgan fingerprint density at radius 3 is 1.47 bits per heavy atom. The molecule has 3 rings (SSSR count). The van der Waals surface area contributed by atoms with Gasteiger partial charge in [-0.25, -0.2) is 14.0 Å². The maximum atomic E-state index is 14.8. The van der Waals surface area contributed by atoms with Crippen molar-refractivity contribution in [3.63, 3.8) is 0 Å². The summed E-state index contributed by atoms with van der Waals surface area (Å²) in [5.74, 6) is -3.69. The number of alkyl halides is 4. The number of ether oxygens (including phenoxy) is 4. The van der Waals surface area contributed by atoms with E-state index in [1.54, 1.807) is 13.8 Å². The minimum Gasteiger partial charge on any atom is -0.462 e. The SMILES string of the molecule is C=C(C)C(=O)OCCCCc1ccc(C(F)(F)Oc2ccc(OC(F)(F)c3ccc(CCCCOC(=O)C(=C)C)cc3)c(F)c2)cc1. The quantitative estimate of drug-likeness (QED) is 0.0587. The highest BCUT2D eigenvalue weighted by Crippen LogP contribution is 2.37. The summed E-state index contributed by atoms with van der Waals surface area (Å²) in [6.45, 7) is 10.5. The molecule has 0 aromatic heterocycles. The number of aryl methyl sites for hydroxylation is 2. The Morgan fingerprint density at radius 1 is 0.638 bits per heavy atom. The van der Waals surface area contributed by atoms with E-state index in [4.69, 9.17) is 14.2 Å². The molecule has 0 aliphatic carbocycles. The van der Waals surface area contributed by atoms with E-state index in [-0.39, 0.29) is 13.2 Å². The Kier molecular flexibility index (Phi) is 13.1. The highest BCUT2D eigenvalue weighted by molar-refractivity contribution is 5.87. The second kappa shape index (κ2) is 16.8. The lowest BCUT2D eigenvalue weighted by molar-refractivity contribution is -0.189. The molecule has 0 aliphatic rings. The number of halogens is 5. The monoisotopic (exact) mass is 660 g/mol. The van der Waals surface area contributed by atoms with Crippen molar-refractivity contribution in [1.29, 1.82) is 0 Å². The zero-order valence-electron chi connectivity index (χ0n) is 26.3. The minimum atomic E-state index is -3.92. The van der Waals surface area contributed by atoms with Crippen LogP contribution in [0.25, 0.3) is 0 Å². The molecule has 0 atom stereocenters. The predicted octanol–water partition coefficient (Wildman–Crippen LogP) is 8.97. The Balaban J connectivity index is 1.51. The van der Waals surface area contributed by atoms with Crippen molar-refractivity contribution >= 4 is 11.9 Å². The third kappa shape index (κ3) is 11.6. The Bertz CT molecular complexity index is 1530. The van der Waals surface area contributed by atoms with E-state index in [0.717, 1.165) is 35.4 Å². The van der Waals surface area contributed by atoms with Crippen LogP contribution in [0.3, 0.4) is 0 Å². The summed E-state index contributed by atoms with van der Waals surface area (Å²) in [6.07, 6.45) is -4.17. The molecule has 0 fully saturated rings. The van der Waals surface area contributed by atoms with Crippen LogP contribution < -0.4 is 9.47 Å². The highest BCUT2D eigenvalue weighted by atomic mass is 19.3. The van der Waals surface area contributed by atoms with Crippen LogP contribution in [-0.4, -0.2) is 25.2 Å². The molecule has 0 amide bonds. The summed E-state index contributed by atoms with van der Waals surface area (Å²) >= 11 is 0. The fraction of sp³-hybridized carbons (Fsp3) is 0.333. The zero-order valence-corrected chi connectivity index (χ0v) is 26.3. The summed E-state index contributed by atoms with van der Waals surface area (Å²) in [6, 6.07) is 12.9. The number of carbonyl (C=O) groups excluding carboxylic acids is 2. The predicted molar refractivity (Wildman–Crippen MR) is 166 cm³/mol. The molecule has 0 heterocycles. The van der Waals surface area contributed by atoms with Gasteiger partial charge >= 0.3 is 24.2 Å². The molecule has 3 aromatic carbocycles.